The molecule has 1 unspecified atom stereocenters. The van der Waals surface area contributed by atoms with Gasteiger partial charge in [0.2, 0.25) is 11.6 Å². The van der Waals surface area contributed by atoms with E-state index in [1.54, 1.807) is 6.20 Å². The smallest absolute Gasteiger partial charge is 0.257 e. The highest BCUT2D eigenvalue weighted by atomic mass is 79.9. The van der Waals surface area contributed by atoms with Gasteiger partial charge in [-0.25, -0.2) is 0 Å². The predicted octanol–water partition coefficient (Wildman–Crippen LogP) is 3.70. The number of nitrogens with one attached hydrogen (secondary N) is 1. The van der Waals surface area contributed by atoms with Gasteiger partial charge in [0.05, 0.1) is 4.47 Å². The predicted molar refractivity (Wildman–Crippen MR) is 111 cm³/mol. The summed E-state index contributed by atoms with van der Waals surface area (Å²) >= 11 is 3.30. The molecule has 0 spiro atoms. The van der Waals surface area contributed by atoms with Crippen molar-refractivity contribution in [3.05, 3.63) is 62.0 Å². The SMILES string of the molecule is Cc1c(Br)c(=O)c(C(=O)NCc2ccc(S(C)=NC#N)cc2)cn1C(C)C. The molecule has 1 heterocycles. The Bertz CT molecular complexity index is 988. The second-order valence-electron chi connectivity index (χ2n) is 6.27. The van der Waals surface area contributed by atoms with Crippen LogP contribution in [0.2, 0.25) is 0 Å². The van der Waals surface area contributed by atoms with Crippen LogP contribution in [-0.4, -0.2) is 16.7 Å². The van der Waals surface area contributed by atoms with Crippen molar-refractivity contribution in [2.45, 2.75) is 38.3 Å². The summed E-state index contributed by atoms with van der Waals surface area (Å²) in [5.41, 5.74) is 1.49. The third-order valence-corrected chi connectivity index (χ3v) is 6.36. The first-order valence-electron chi connectivity index (χ1n) is 8.30. The zero-order valence-electron chi connectivity index (χ0n) is 15.6. The summed E-state index contributed by atoms with van der Waals surface area (Å²) in [5, 5.41) is 11.4. The Morgan fingerprint density at radius 1 is 1.37 bits per heavy atom. The summed E-state index contributed by atoms with van der Waals surface area (Å²) < 4.78 is 6.11. The van der Waals surface area contributed by atoms with Crippen molar-refractivity contribution in [3.8, 4) is 6.19 Å². The van der Waals surface area contributed by atoms with Gasteiger partial charge < -0.3 is 9.88 Å². The monoisotopic (exact) mass is 448 g/mol. The summed E-state index contributed by atoms with van der Waals surface area (Å²) in [5.74, 6) is -0.408. The standard InChI is InChI=1S/C19H21BrN4O2S/c1-12(2)24-10-16(18(25)17(20)13(24)3)19(26)22-9-14-5-7-15(8-6-14)27(4)23-11-21/h5-8,10,12H,9H2,1-4H3,(H,22,26). The Hall–Kier alpha value is -2.24. The van der Waals surface area contributed by atoms with Crippen LogP contribution in [0.5, 0.6) is 0 Å². The van der Waals surface area contributed by atoms with E-state index in [0.29, 0.717) is 11.0 Å². The van der Waals surface area contributed by atoms with Gasteiger partial charge in [0, 0.05) is 29.4 Å². The molecule has 1 N–H and O–H groups in total. The van der Waals surface area contributed by atoms with E-state index < -0.39 is 16.6 Å². The minimum Gasteiger partial charge on any atom is -0.348 e. The van der Waals surface area contributed by atoms with E-state index in [9.17, 15) is 9.59 Å². The van der Waals surface area contributed by atoms with Crippen molar-refractivity contribution in [1.29, 1.82) is 5.26 Å². The Morgan fingerprint density at radius 3 is 2.56 bits per heavy atom. The van der Waals surface area contributed by atoms with Crippen LogP contribution in [0, 0.1) is 18.4 Å². The van der Waals surface area contributed by atoms with Crippen molar-refractivity contribution in [2.24, 2.45) is 4.36 Å². The minimum absolute atomic E-state index is 0.112. The Balaban J connectivity index is 2.18. The molecule has 0 fully saturated rings. The highest BCUT2D eigenvalue weighted by Gasteiger charge is 2.17. The molecule has 0 radical (unpaired) electrons. The van der Waals surface area contributed by atoms with Crippen LogP contribution in [0.4, 0.5) is 0 Å². The molecule has 2 aromatic rings. The normalized spacial score (nSPS) is 12.0. The maximum Gasteiger partial charge on any atom is 0.257 e. The second kappa shape index (κ2) is 9.11. The number of benzene rings is 1. The molecule has 0 saturated heterocycles. The number of carbonyl (C=O) groups is 1. The second-order valence-corrected chi connectivity index (χ2v) is 8.67. The number of nitrogens with zero attached hydrogens (tertiary/aromatic N) is 3. The number of hydrogen-bond donors (Lipinski definition) is 1. The molecule has 2 rings (SSSR count). The molecular weight excluding hydrogens is 428 g/mol. The molecule has 8 heteroatoms. The molecular formula is C19H21BrN4O2S. The summed E-state index contributed by atoms with van der Waals surface area (Å²) in [6, 6.07) is 7.66. The van der Waals surface area contributed by atoms with Crippen LogP contribution in [-0.2, 0) is 17.2 Å². The quantitative estimate of drug-likeness (QED) is 0.707. The first-order valence-corrected chi connectivity index (χ1v) is 10.7. The topological polar surface area (TPSA) is 87.2 Å². The van der Waals surface area contributed by atoms with Gasteiger partial charge in [0.25, 0.3) is 5.91 Å². The summed E-state index contributed by atoms with van der Waals surface area (Å²) in [6.07, 6.45) is 5.29. The lowest BCUT2D eigenvalue weighted by Crippen LogP contribution is -2.30. The van der Waals surface area contributed by atoms with E-state index in [0.717, 1.165) is 16.2 Å². The number of rotatable bonds is 5. The van der Waals surface area contributed by atoms with Gasteiger partial charge in [-0.05, 0) is 60.7 Å². The molecule has 142 valence electrons. The lowest BCUT2D eigenvalue weighted by atomic mass is 10.2. The molecule has 0 saturated carbocycles. The summed E-state index contributed by atoms with van der Waals surface area (Å²) in [4.78, 5) is 25.9. The van der Waals surface area contributed by atoms with E-state index in [1.807, 2.05) is 62.1 Å². The minimum atomic E-state index is -0.472. The van der Waals surface area contributed by atoms with Crippen molar-refractivity contribution < 1.29 is 4.79 Å². The third kappa shape index (κ3) is 4.93. The molecule has 1 atom stereocenters. The molecule has 27 heavy (non-hydrogen) atoms. The van der Waals surface area contributed by atoms with Gasteiger partial charge in [0.1, 0.15) is 5.56 Å². The van der Waals surface area contributed by atoms with Crippen LogP contribution < -0.4 is 10.7 Å². The average molecular weight is 449 g/mol. The fraction of sp³-hybridized carbons (Fsp3) is 0.316. The van der Waals surface area contributed by atoms with Crippen molar-refractivity contribution in [2.75, 3.05) is 6.26 Å². The zero-order valence-corrected chi connectivity index (χ0v) is 18.0. The molecule has 1 aromatic carbocycles. The van der Waals surface area contributed by atoms with Crippen molar-refractivity contribution >= 4 is 32.5 Å². The van der Waals surface area contributed by atoms with Gasteiger partial charge in [-0.3, -0.25) is 9.59 Å². The molecule has 0 aliphatic carbocycles. The van der Waals surface area contributed by atoms with Gasteiger partial charge in [0.15, 0.2) is 0 Å². The summed E-state index contributed by atoms with van der Waals surface area (Å²) in [7, 11) is -0.472. The number of amides is 1. The fourth-order valence-electron chi connectivity index (χ4n) is 2.58. The van der Waals surface area contributed by atoms with E-state index >= 15 is 0 Å². The third-order valence-electron chi connectivity index (χ3n) is 4.11. The number of pyridine rings is 1. The van der Waals surface area contributed by atoms with Crippen LogP contribution in [0.15, 0.2) is 49.0 Å². The number of nitriles is 1. The van der Waals surface area contributed by atoms with Gasteiger partial charge in [-0.2, -0.15) is 5.26 Å². The largest absolute Gasteiger partial charge is 0.348 e. The lowest BCUT2D eigenvalue weighted by molar-refractivity contribution is 0.0949. The van der Waals surface area contributed by atoms with E-state index in [1.165, 1.54) is 0 Å². The molecule has 1 aromatic heterocycles. The number of hydrogen-bond acceptors (Lipinski definition) is 4. The van der Waals surface area contributed by atoms with Gasteiger partial charge in [-0.15, -0.1) is 4.36 Å². The first kappa shape index (κ1) is 21.1. The number of halogens is 1. The van der Waals surface area contributed by atoms with Crippen molar-refractivity contribution in [1.82, 2.24) is 9.88 Å². The van der Waals surface area contributed by atoms with Crippen LogP contribution in [0.25, 0.3) is 0 Å². The fourth-order valence-corrected chi connectivity index (χ4v) is 3.76. The molecule has 1 amide bonds. The van der Waals surface area contributed by atoms with Crippen LogP contribution in [0.1, 0.15) is 41.5 Å². The molecule has 0 aliphatic heterocycles. The Morgan fingerprint density at radius 2 is 2.00 bits per heavy atom. The maximum absolute atomic E-state index is 12.5. The van der Waals surface area contributed by atoms with E-state index in [4.69, 9.17) is 5.26 Å². The van der Waals surface area contributed by atoms with E-state index in [-0.39, 0.29) is 17.0 Å². The average Bonchev–Trinajstić information content (AvgIpc) is 2.64. The Labute approximate surface area is 169 Å². The number of aromatic nitrogens is 1. The first-order chi connectivity index (χ1) is 12.8. The van der Waals surface area contributed by atoms with Gasteiger partial charge in [-0.1, -0.05) is 22.8 Å². The van der Waals surface area contributed by atoms with Gasteiger partial charge >= 0.3 is 0 Å². The van der Waals surface area contributed by atoms with Crippen LogP contribution in [0.3, 0.4) is 0 Å². The molecule has 0 aliphatic rings. The highest BCUT2D eigenvalue weighted by Crippen LogP contribution is 2.17. The number of carbonyl (C=O) groups excluding carboxylic acids is 1. The Kier molecular flexibility index (Phi) is 7.11. The van der Waals surface area contributed by atoms with E-state index in [2.05, 4.69) is 25.6 Å². The zero-order chi connectivity index (χ0) is 20.1. The molecule has 0 bridgehead atoms. The lowest BCUT2D eigenvalue weighted by Gasteiger charge is -2.17. The molecule has 6 nitrogen and oxygen atoms in total. The maximum atomic E-state index is 12.5. The summed E-state index contributed by atoms with van der Waals surface area (Å²) in [6.45, 7) is 6.13. The highest BCUT2D eigenvalue weighted by molar-refractivity contribution is 9.10. The van der Waals surface area contributed by atoms with Crippen molar-refractivity contribution in [3.63, 3.8) is 0 Å². The van der Waals surface area contributed by atoms with Crippen LogP contribution >= 0.6 is 15.9 Å².